The van der Waals surface area contributed by atoms with Gasteiger partial charge in [-0.1, -0.05) is 39.0 Å². The molecular weight excluding hydrogens is 284 g/mol. The first kappa shape index (κ1) is 15.7. The maximum Gasteiger partial charge on any atom is 0.273 e. The number of rotatable bonds is 4. The number of H-pyrrole nitrogens is 1. The van der Waals surface area contributed by atoms with Crippen LogP contribution in [0.3, 0.4) is 0 Å². The fourth-order valence-corrected chi connectivity index (χ4v) is 1.97. The van der Waals surface area contributed by atoms with Crippen LogP contribution < -0.4 is 5.32 Å². The van der Waals surface area contributed by atoms with Gasteiger partial charge in [0, 0.05) is 28.8 Å². The van der Waals surface area contributed by atoms with Crippen molar-refractivity contribution >= 4 is 17.4 Å². The predicted octanol–water partition coefficient (Wildman–Crippen LogP) is 2.80. The van der Waals surface area contributed by atoms with Crippen LogP contribution in [0.4, 0.5) is 11.5 Å². The number of nitrogens with zero attached hydrogens (tertiary/aromatic N) is 2. The van der Waals surface area contributed by atoms with E-state index in [-0.39, 0.29) is 23.4 Å². The van der Waals surface area contributed by atoms with Gasteiger partial charge >= 0.3 is 0 Å². The molecule has 7 heteroatoms. The van der Waals surface area contributed by atoms with E-state index in [1.165, 1.54) is 6.07 Å². The Morgan fingerprint density at radius 2 is 2.05 bits per heavy atom. The highest BCUT2D eigenvalue weighted by molar-refractivity contribution is 5.92. The molecule has 2 rings (SSSR count). The van der Waals surface area contributed by atoms with Crippen LogP contribution in [0.5, 0.6) is 0 Å². The Balaban J connectivity index is 2.08. The lowest BCUT2D eigenvalue weighted by molar-refractivity contribution is -0.385. The van der Waals surface area contributed by atoms with Gasteiger partial charge in [0.1, 0.15) is 0 Å². The number of nitro groups is 1. The van der Waals surface area contributed by atoms with Crippen LogP contribution in [0.2, 0.25) is 0 Å². The Bertz CT molecular complexity index is 701. The van der Waals surface area contributed by atoms with E-state index in [2.05, 4.69) is 15.5 Å². The number of nitro benzene ring substituents is 1. The number of hydrogen-bond donors (Lipinski definition) is 2. The first-order valence-electron chi connectivity index (χ1n) is 6.85. The second kappa shape index (κ2) is 5.97. The molecule has 0 saturated heterocycles. The van der Waals surface area contributed by atoms with Gasteiger partial charge in [-0.25, -0.2) is 0 Å². The lowest BCUT2D eigenvalue weighted by Gasteiger charge is -2.14. The SMILES string of the molecule is CC(C)(C)c1cc(NC(=O)Cc2ccccc2[N+](=O)[O-])n[nH]1. The van der Waals surface area contributed by atoms with Crippen LogP contribution >= 0.6 is 0 Å². The summed E-state index contributed by atoms with van der Waals surface area (Å²) < 4.78 is 0. The van der Waals surface area contributed by atoms with Crippen LogP contribution in [0.25, 0.3) is 0 Å². The minimum absolute atomic E-state index is 0.0601. The Kier molecular flexibility index (Phi) is 4.25. The molecule has 2 N–H and O–H groups in total. The monoisotopic (exact) mass is 302 g/mol. The van der Waals surface area contributed by atoms with Crippen molar-refractivity contribution in [2.45, 2.75) is 32.6 Å². The third kappa shape index (κ3) is 3.69. The number of hydrogen-bond acceptors (Lipinski definition) is 4. The summed E-state index contributed by atoms with van der Waals surface area (Å²) in [5.41, 5.74) is 1.11. The van der Waals surface area contributed by atoms with E-state index in [0.717, 1.165) is 5.69 Å². The Morgan fingerprint density at radius 1 is 1.36 bits per heavy atom. The van der Waals surface area contributed by atoms with E-state index in [1.54, 1.807) is 24.3 Å². The highest BCUT2D eigenvalue weighted by Crippen LogP contribution is 2.22. The first-order chi connectivity index (χ1) is 10.3. The second-order valence-corrected chi connectivity index (χ2v) is 6.03. The van der Waals surface area contributed by atoms with Gasteiger partial charge in [-0.3, -0.25) is 20.0 Å². The first-order valence-corrected chi connectivity index (χ1v) is 6.85. The molecule has 0 unspecified atom stereocenters. The summed E-state index contributed by atoms with van der Waals surface area (Å²) in [5.74, 6) is 0.0646. The molecule has 22 heavy (non-hydrogen) atoms. The summed E-state index contributed by atoms with van der Waals surface area (Å²) in [7, 11) is 0. The van der Waals surface area contributed by atoms with Gasteiger partial charge in [0.25, 0.3) is 5.69 Å². The maximum absolute atomic E-state index is 12.0. The summed E-state index contributed by atoms with van der Waals surface area (Å²) in [6.07, 6.45) is -0.0745. The molecule has 0 atom stereocenters. The van der Waals surface area contributed by atoms with Crippen LogP contribution in [-0.4, -0.2) is 21.0 Å². The number of benzene rings is 1. The second-order valence-electron chi connectivity index (χ2n) is 6.03. The van der Waals surface area contributed by atoms with Crippen molar-refractivity contribution in [2.75, 3.05) is 5.32 Å². The minimum Gasteiger partial charge on any atom is -0.309 e. The lowest BCUT2D eigenvalue weighted by atomic mass is 9.92. The molecule has 1 aromatic carbocycles. The molecule has 0 aliphatic heterocycles. The Labute approximate surface area is 127 Å². The molecule has 0 bridgehead atoms. The minimum atomic E-state index is -0.491. The van der Waals surface area contributed by atoms with Gasteiger partial charge < -0.3 is 5.32 Å². The fraction of sp³-hybridized carbons (Fsp3) is 0.333. The van der Waals surface area contributed by atoms with Gasteiger partial charge in [-0.05, 0) is 0 Å². The standard InChI is InChI=1S/C15H18N4O3/c1-15(2,3)12-9-13(18-17-12)16-14(20)8-10-6-4-5-7-11(10)19(21)22/h4-7,9H,8H2,1-3H3,(H2,16,17,18,20). The number of anilines is 1. The summed E-state index contributed by atoms with van der Waals surface area (Å²) in [6.45, 7) is 6.08. The molecule has 1 heterocycles. The van der Waals surface area contributed by atoms with E-state index < -0.39 is 4.92 Å². The van der Waals surface area contributed by atoms with E-state index in [1.807, 2.05) is 20.8 Å². The zero-order chi connectivity index (χ0) is 16.3. The summed E-state index contributed by atoms with van der Waals surface area (Å²) >= 11 is 0. The van der Waals surface area contributed by atoms with Crippen molar-refractivity contribution in [2.24, 2.45) is 0 Å². The number of aromatic nitrogens is 2. The molecule has 1 amide bonds. The van der Waals surface area contributed by atoms with Gasteiger partial charge in [0.2, 0.25) is 5.91 Å². The topological polar surface area (TPSA) is 101 Å². The molecule has 116 valence electrons. The number of aromatic amines is 1. The molecule has 0 aliphatic rings. The largest absolute Gasteiger partial charge is 0.309 e. The van der Waals surface area contributed by atoms with Crippen molar-refractivity contribution < 1.29 is 9.72 Å². The Morgan fingerprint density at radius 3 is 2.64 bits per heavy atom. The highest BCUT2D eigenvalue weighted by Gasteiger charge is 2.19. The molecule has 0 radical (unpaired) electrons. The van der Waals surface area contributed by atoms with Gasteiger partial charge in [0.05, 0.1) is 11.3 Å². The Hall–Kier alpha value is -2.70. The average Bonchev–Trinajstić information content (AvgIpc) is 2.87. The predicted molar refractivity (Wildman–Crippen MR) is 82.7 cm³/mol. The van der Waals surface area contributed by atoms with E-state index >= 15 is 0 Å². The number of carbonyl (C=O) groups is 1. The third-order valence-corrected chi connectivity index (χ3v) is 3.19. The van der Waals surface area contributed by atoms with E-state index in [9.17, 15) is 14.9 Å². The fourth-order valence-electron chi connectivity index (χ4n) is 1.97. The van der Waals surface area contributed by atoms with Crippen molar-refractivity contribution in [3.63, 3.8) is 0 Å². The highest BCUT2D eigenvalue weighted by atomic mass is 16.6. The molecule has 0 fully saturated rings. The van der Waals surface area contributed by atoms with Crippen molar-refractivity contribution in [3.8, 4) is 0 Å². The number of para-hydroxylation sites is 1. The summed E-state index contributed by atoms with van der Waals surface area (Å²) in [4.78, 5) is 22.5. The lowest BCUT2D eigenvalue weighted by Crippen LogP contribution is -2.15. The smallest absolute Gasteiger partial charge is 0.273 e. The normalized spacial score (nSPS) is 11.2. The average molecular weight is 302 g/mol. The summed E-state index contributed by atoms with van der Waals surface area (Å²) in [6, 6.07) is 7.96. The quantitative estimate of drug-likeness (QED) is 0.669. The zero-order valence-corrected chi connectivity index (χ0v) is 12.7. The van der Waals surface area contributed by atoms with Crippen LogP contribution in [0, 0.1) is 10.1 Å². The summed E-state index contributed by atoms with van der Waals surface area (Å²) in [5, 5.41) is 20.5. The van der Waals surface area contributed by atoms with Gasteiger partial charge in [-0.15, -0.1) is 0 Å². The zero-order valence-electron chi connectivity index (χ0n) is 12.7. The molecule has 0 aliphatic carbocycles. The van der Waals surface area contributed by atoms with Gasteiger partial charge in [0.15, 0.2) is 5.82 Å². The number of carbonyl (C=O) groups excluding carboxylic acids is 1. The van der Waals surface area contributed by atoms with E-state index in [4.69, 9.17) is 0 Å². The van der Waals surface area contributed by atoms with Crippen molar-refractivity contribution in [1.82, 2.24) is 10.2 Å². The van der Waals surface area contributed by atoms with Crippen molar-refractivity contribution in [3.05, 3.63) is 51.7 Å². The van der Waals surface area contributed by atoms with Crippen LogP contribution in [0.15, 0.2) is 30.3 Å². The maximum atomic E-state index is 12.0. The van der Waals surface area contributed by atoms with Crippen molar-refractivity contribution in [1.29, 1.82) is 0 Å². The molecular formula is C15H18N4O3. The van der Waals surface area contributed by atoms with Crippen LogP contribution in [0.1, 0.15) is 32.0 Å². The molecule has 0 spiro atoms. The van der Waals surface area contributed by atoms with Gasteiger partial charge in [-0.2, -0.15) is 5.10 Å². The molecule has 2 aromatic rings. The molecule has 1 aromatic heterocycles. The number of nitrogens with one attached hydrogen (secondary N) is 2. The van der Waals surface area contributed by atoms with E-state index in [0.29, 0.717) is 11.4 Å². The number of amides is 1. The molecule has 0 saturated carbocycles. The molecule has 7 nitrogen and oxygen atoms in total. The van der Waals surface area contributed by atoms with Crippen LogP contribution in [-0.2, 0) is 16.6 Å². The third-order valence-electron chi connectivity index (χ3n) is 3.19.